The van der Waals surface area contributed by atoms with E-state index in [1.807, 2.05) is 6.08 Å². The Kier molecular flexibility index (Phi) is 5.47. The van der Waals surface area contributed by atoms with Gasteiger partial charge < -0.3 is 14.6 Å². The van der Waals surface area contributed by atoms with Crippen molar-refractivity contribution in [2.24, 2.45) is 5.41 Å². The maximum absolute atomic E-state index is 11.3. The Morgan fingerprint density at radius 2 is 2.22 bits per heavy atom. The summed E-state index contributed by atoms with van der Waals surface area (Å²) in [5, 5.41) is 9.49. The van der Waals surface area contributed by atoms with E-state index in [4.69, 9.17) is 9.47 Å². The Bertz CT molecular complexity index is 590. The Morgan fingerprint density at radius 3 is 2.78 bits per heavy atom. The van der Waals surface area contributed by atoms with Crippen molar-refractivity contribution in [3.05, 3.63) is 46.8 Å². The minimum absolute atomic E-state index is 0.132. The van der Waals surface area contributed by atoms with Crippen molar-refractivity contribution >= 4 is 5.97 Å². The smallest absolute Gasteiger partial charge is 0.336 e. The summed E-state index contributed by atoms with van der Waals surface area (Å²) in [5.74, 6) is -0.366. The van der Waals surface area contributed by atoms with Crippen molar-refractivity contribution in [2.45, 2.75) is 53.2 Å². The first-order chi connectivity index (χ1) is 10.8. The molecular weight excluding hydrogens is 292 g/mol. The van der Waals surface area contributed by atoms with Gasteiger partial charge in [0.2, 0.25) is 0 Å². The van der Waals surface area contributed by atoms with Crippen LogP contribution in [-0.2, 0) is 14.3 Å². The Labute approximate surface area is 138 Å². The number of rotatable bonds is 5. The zero-order valence-corrected chi connectivity index (χ0v) is 14.4. The predicted octanol–water partition coefficient (Wildman–Crippen LogP) is 3.79. The highest BCUT2D eigenvalue weighted by molar-refractivity contribution is 5.89. The third-order valence-electron chi connectivity index (χ3n) is 4.47. The van der Waals surface area contributed by atoms with Crippen LogP contribution in [0.15, 0.2) is 46.8 Å². The van der Waals surface area contributed by atoms with E-state index >= 15 is 0 Å². The van der Waals surface area contributed by atoms with Gasteiger partial charge >= 0.3 is 5.97 Å². The lowest BCUT2D eigenvalue weighted by Crippen LogP contribution is -2.19. The third-order valence-corrected chi connectivity index (χ3v) is 4.47. The van der Waals surface area contributed by atoms with Gasteiger partial charge in [0.1, 0.15) is 0 Å². The van der Waals surface area contributed by atoms with E-state index in [-0.39, 0.29) is 18.0 Å². The SMILES string of the molecule is CC1=CC(OC=C(C=CC2=C(C)CCCC2(C)C)CO)OC1=O. The number of carbonyl (C=O) groups is 1. The summed E-state index contributed by atoms with van der Waals surface area (Å²) in [6.45, 7) is 8.22. The van der Waals surface area contributed by atoms with Crippen LogP contribution in [0.3, 0.4) is 0 Å². The van der Waals surface area contributed by atoms with Crippen molar-refractivity contribution < 1.29 is 19.4 Å². The number of aliphatic hydroxyl groups excluding tert-OH is 1. The number of esters is 1. The number of allylic oxidation sites excluding steroid dienone is 3. The molecule has 23 heavy (non-hydrogen) atoms. The van der Waals surface area contributed by atoms with Crippen LogP contribution < -0.4 is 0 Å². The fraction of sp³-hybridized carbons (Fsp3) is 0.526. The minimum atomic E-state index is -0.704. The van der Waals surface area contributed by atoms with Gasteiger partial charge in [-0.15, -0.1) is 0 Å². The zero-order chi connectivity index (χ0) is 17.0. The Balaban J connectivity index is 2.07. The number of aliphatic hydroxyl groups is 1. The average molecular weight is 318 g/mol. The molecule has 2 rings (SSSR count). The van der Waals surface area contributed by atoms with Crippen LogP contribution in [0.4, 0.5) is 0 Å². The molecule has 1 heterocycles. The summed E-state index contributed by atoms with van der Waals surface area (Å²) in [5.41, 5.74) is 4.06. The monoisotopic (exact) mass is 318 g/mol. The molecule has 1 unspecified atom stereocenters. The number of hydrogen-bond donors (Lipinski definition) is 1. The molecule has 0 saturated carbocycles. The second-order valence-corrected chi connectivity index (χ2v) is 6.88. The fourth-order valence-electron chi connectivity index (χ4n) is 3.06. The predicted molar refractivity (Wildman–Crippen MR) is 89.4 cm³/mol. The van der Waals surface area contributed by atoms with E-state index < -0.39 is 6.29 Å². The van der Waals surface area contributed by atoms with E-state index in [2.05, 4.69) is 26.8 Å². The average Bonchev–Trinajstić information content (AvgIpc) is 2.79. The molecule has 1 aliphatic carbocycles. The molecule has 0 aromatic carbocycles. The molecule has 4 nitrogen and oxygen atoms in total. The lowest BCUT2D eigenvalue weighted by Gasteiger charge is -2.33. The van der Waals surface area contributed by atoms with Gasteiger partial charge in [-0.05, 0) is 44.1 Å². The van der Waals surface area contributed by atoms with Gasteiger partial charge in [0.25, 0.3) is 6.29 Å². The van der Waals surface area contributed by atoms with Crippen LogP contribution in [0.5, 0.6) is 0 Å². The highest BCUT2D eigenvalue weighted by Gasteiger charge is 2.26. The van der Waals surface area contributed by atoms with E-state index in [9.17, 15) is 9.90 Å². The standard InChI is InChI=1S/C19H26O4/c1-13-6-5-9-19(3,4)16(13)8-7-15(11-20)12-22-17-10-14(2)18(21)23-17/h7-8,10,12,17,20H,5-6,9,11H2,1-4H3. The number of ether oxygens (including phenoxy) is 2. The Morgan fingerprint density at radius 1 is 1.48 bits per heavy atom. The maximum atomic E-state index is 11.3. The van der Waals surface area contributed by atoms with Crippen LogP contribution in [0.25, 0.3) is 0 Å². The minimum Gasteiger partial charge on any atom is -0.458 e. The second kappa shape index (κ2) is 7.18. The largest absolute Gasteiger partial charge is 0.458 e. The molecule has 126 valence electrons. The van der Waals surface area contributed by atoms with E-state index in [1.54, 1.807) is 13.0 Å². The molecule has 0 amide bonds. The first kappa shape index (κ1) is 17.5. The zero-order valence-electron chi connectivity index (χ0n) is 14.4. The van der Waals surface area contributed by atoms with Crippen molar-refractivity contribution in [2.75, 3.05) is 6.61 Å². The molecule has 0 aromatic rings. The molecule has 4 heteroatoms. The summed E-state index contributed by atoms with van der Waals surface area (Å²) >= 11 is 0. The van der Waals surface area contributed by atoms with Gasteiger partial charge in [0.15, 0.2) is 0 Å². The molecule has 0 radical (unpaired) electrons. The van der Waals surface area contributed by atoms with E-state index in [0.29, 0.717) is 11.1 Å². The maximum Gasteiger partial charge on any atom is 0.336 e. The molecule has 0 spiro atoms. The number of cyclic esters (lactones) is 1. The lowest BCUT2D eigenvalue weighted by atomic mass is 9.72. The van der Waals surface area contributed by atoms with Gasteiger partial charge in [-0.1, -0.05) is 31.6 Å². The molecule has 1 N–H and O–H groups in total. The van der Waals surface area contributed by atoms with Crippen LogP contribution >= 0.6 is 0 Å². The van der Waals surface area contributed by atoms with Crippen LogP contribution in [0.2, 0.25) is 0 Å². The van der Waals surface area contributed by atoms with Gasteiger partial charge in [0.05, 0.1) is 12.9 Å². The van der Waals surface area contributed by atoms with Gasteiger partial charge in [0, 0.05) is 17.2 Å². The number of hydrogen-bond acceptors (Lipinski definition) is 4. The molecule has 1 aliphatic heterocycles. The second-order valence-electron chi connectivity index (χ2n) is 6.88. The van der Waals surface area contributed by atoms with Crippen molar-refractivity contribution in [1.29, 1.82) is 0 Å². The van der Waals surface area contributed by atoms with Crippen LogP contribution in [0, 0.1) is 5.41 Å². The van der Waals surface area contributed by atoms with E-state index in [1.165, 1.54) is 30.2 Å². The molecule has 0 aromatic heterocycles. The molecular formula is C19H26O4. The van der Waals surface area contributed by atoms with Crippen molar-refractivity contribution in [1.82, 2.24) is 0 Å². The van der Waals surface area contributed by atoms with Crippen LogP contribution in [-0.4, -0.2) is 24.0 Å². The molecule has 0 fully saturated rings. The first-order valence-electron chi connectivity index (χ1n) is 8.06. The molecule has 2 aliphatic rings. The van der Waals surface area contributed by atoms with Crippen molar-refractivity contribution in [3.8, 4) is 0 Å². The van der Waals surface area contributed by atoms with E-state index in [0.717, 1.165) is 6.42 Å². The van der Waals surface area contributed by atoms with Crippen LogP contribution in [0.1, 0.15) is 47.0 Å². The highest BCUT2D eigenvalue weighted by atomic mass is 16.7. The summed E-state index contributed by atoms with van der Waals surface area (Å²) < 4.78 is 10.4. The topological polar surface area (TPSA) is 55.8 Å². The van der Waals surface area contributed by atoms with Crippen molar-refractivity contribution in [3.63, 3.8) is 0 Å². The summed E-state index contributed by atoms with van der Waals surface area (Å²) in [4.78, 5) is 11.3. The molecule has 1 atom stereocenters. The molecule has 0 bridgehead atoms. The number of carbonyl (C=O) groups excluding carboxylic acids is 1. The highest BCUT2D eigenvalue weighted by Crippen LogP contribution is 2.40. The summed E-state index contributed by atoms with van der Waals surface area (Å²) in [6, 6.07) is 0. The fourth-order valence-corrected chi connectivity index (χ4v) is 3.06. The third kappa shape index (κ3) is 4.35. The normalized spacial score (nSPS) is 24.9. The first-order valence-corrected chi connectivity index (χ1v) is 8.06. The Hall–Kier alpha value is -1.81. The van der Waals surface area contributed by atoms with Gasteiger partial charge in [-0.2, -0.15) is 0 Å². The summed E-state index contributed by atoms with van der Waals surface area (Å²) in [7, 11) is 0. The lowest BCUT2D eigenvalue weighted by molar-refractivity contribution is -0.152. The quantitative estimate of drug-likeness (QED) is 0.476. The van der Waals surface area contributed by atoms with Gasteiger partial charge in [-0.25, -0.2) is 4.79 Å². The molecule has 0 saturated heterocycles. The summed E-state index contributed by atoms with van der Waals surface area (Å²) in [6.07, 6.45) is 9.83. The van der Waals surface area contributed by atoms with Gasteiger partial charge in [-0.3, -0.25) is 0 Å².